The molecule has 100 valence electrons. The quantitative estimate of drug-likeness (QED) is 0.849. The van der Waals surface area contributed by atoms with Crippen molar-refractivity contribution in [1.82, 2.24) is 15.0 Å². The summed E-state index contributed by atoms with van der Waals surface area (Å²) >= 11 is 0. The molecule has 6 nitrogen and oxygen atoms in total. The van der Waals surface area contributed by atoms with Crippen LogP contribution in [0.15, 0.2) is 0 Å². The van der Waals surface area contributed by atoms with Gasteiger partial charge < -0.3 is 15.8 Å². The monoisotopic (exact) mass is 251 g/mol. The zero-order valence-electron chi connectivity index (χ0n) is 11.0. The van der Waals surface area contributed by atoms with Crippen molar-refractivity contribution in [3.63, 3.8) is 0 Å². The van der Waals surface area contributed by atoms with Crippen molar-refractivity contribution in [2.45, 2.75) is 45.6 Å². The molecule has 2 unspecified atom stereocenters. The van der Waals surface area contributed by atoms with Gasteiger partial charge in [0.1, 0.15) is 0 Å². The van der Waals surface area contributed by atoms with Crippen molar-refractivity contribution in [2.24, 2.45) is 5.92 Å². The molecule has 2 atom stereocenters. The summed E-state index contributed by atoms with van der Waals surface area (Å²) in [5.41, 5.74) is 5.64. The van der Waals surface area contributed by atoms with Crippen molar-refractivity contribution in [2.75, 3.05) is 17.7 Å². The Bertz CT molecular complexity index is 398. The van der Waals surface area contributed by atoms with Gasteiger partial charge in [-0.3, -0.25) is 0 Å². The molecule has 2 rings (SSSR count). The van der Waals surface area contributed by atoms with E-state index in [1.54, 1.807) is 0 Å². The molecule has 0 radical (unpaired) electrons. The van der Waals surface area contributed by atoms with Gasteiger partial charge in [0.15, 0.2) is 0 Å². The highest BCUT2D eigenvalue weighted by Gasteiger charge is 2.19. The Morgan fingerprint density at radius 3 is 2.89 bits per heavy atom. The molecule has 6 heteroatoms. The average Bonchev–Trinajstić information content (AvgIpc) is 2.28. The molecule has 0 amide bonds. The molecule has 1 aliphatic carbocycles. The van der Waals surface area contributed by atoms with Gasteiger partial charge in [-0.1, -0.05) is 19.8 Å². The van der Waals surface area contributed by atoms with Gasteiger partial charge in [0.2, 0.25) is 11.9 Å². The van der Waals surface area contributed by atoms with Gasteiger partial charge in [0.25, 0.3) is 0 Å². The first-order valence-corrected chi connectivity index (χ1v) is 6.58. The Morgan fingerprint density at radius 1 is 1.33 bits per heavy atom. The summed E-state index contributed by atoms with van der Waals surface area (Å²) < 4.78 is 5.26. The molecule has 1 fully saturated rings. The number of nitrogens with one attached hydrogen (secondary N) is 1. The third-order valence-corrected chi connectivity index (χ3v) is 3.18. The maximum atomic E-state index is 5.64. The lowest BCUT2D eigenvalue weighted by Gasteiger charge is -2.27. The zero-order valence-corrected chi connectivity index (χ0v) is 11.0. The summed E-state index contributed by atoms with van der Waals surface area (Å²) in [5, 5.41) is 3.33. The van der Waals surface area contributed by atoms with Crippen molar-refractivity contribution < 1.29 is 4.74 Å². The molecular formula is C12H21N5O. The summed E-state index contributed by atoms with van der Waals surface area (Å²) in [4.78, 5) is 12.2. The molecular weight excluding hydrogens is 230 g/mol. The number of hydrogen-bond acceptors (Lipinski definition) is 6. The molecule has 0 spiro atoms. The summed E-state index contributed by atoms with van der Waals surface area (Å²) in [7, 11) is 0. The third kappa shape index (κ3) is 3.45. The number of aromatic nitrogens is 3. The van der Waals surface area contributed by atoms with Gasteiger partial charge in [0.05, 0.1) is 6.61 Å². The molecule has 1 heterocycles. The van der Waals surface area contributed by atoms with Crippen LogP contribution in [-0.2, 0) is 0 Å². The second kappa shape index (κ2) is 5.84. The second-order valence-corrected chi connectivity index (χ2v) is 4.85. The highest BCUT2D eigenvalue weighted by atomic mass is 16.5. The van der Waals surface area contributed by atoms with Crippen LogP contribution in [0.1, 0.15) is 39.5 Å². The van der Waals surface area contributed by atoms with E-state index in [-0.39, 0.29) is 12.0 Å². The number of hydrogen-bond donors (Lipinski definition) is 2. The standard InChI is InChI=1S/C12H21N5O/c1-3-18-12-16-10(13)15-11(17-12)14-9-6-4-5-8(2)7-9/h8-9H,3-7H2,1-2H3,(H3,13,14,15,16,17). The minimum Gasteiger partial charge on any atom is -0.464 e. The Kier molecular flexibility index (Phi) is 4.17. The van der Waals surface area contributed by atoms with Crippen LogP contribution < -0.4 is 15.8 Å². The van der Waals surface area contributed by atoms with Crippen molar-refractivity contribution in [3.05, 3.63) is 0 Å². The average molecular weight is 251 g/mol. The fraction of sp³-hybridized carbons (Fsp3) is 0.750. The lowest BCUT2D eigenvalue weighted by molar-refractivity contribution is 0.312. The molecule has 0 aliphatic heterocycles. The number of nitrogens with two attached hydrogens (primary N) is 1. The van der Waals surface area contributed by atoms with E-state index in [1.807, 2.05) is 6.92 Å². The Hall–Kier alpha value is -1.59. The van der Waals surface area contributed by atoms with E-state index in [4.69, 9.17) is 10.5 Å². The molecule has 18 heavy (non-hydrogen) atoms. The molecule has 3 N–H and O–H groups in total. The van der Waals surface area contributed by atoms with Crippen LogP contribution in [0.25, 0.3) is 0 Å². The van der Waals surface area contributed by atoms with Gasteiger partial charge >= 0.3 is 6.01 Å². The Balaban J connectivity index is 2.03. The molecule has 1 aromatic heterocycles. The molecule has 1 saturated carbocycles. The van der Waals surface area contributed by atoms with Crippen LogP contribution in [0.2, 0.25) is 0 Å². The van der Waals surface area contributed by atoms with Gasteiger partial charge in [0, 0.05) is 6.04 Å². The molecule has 0 saturated heterocycles. The normalized spacial score (nSPS) is 23.7. The largest absolute Gasteiger partial charge is 0.464 e. The van der Waals surface area contributed by atoms with Crippen LogP contribution in [-0.4, -0.2) is 27.6 Å². The number of ether oxygens (including phenoxy) is 1. The first kappa shape index (κ1) is 12.9. The van der Waals surface area contributed by atoms with Crippen molar-refractivity contribution in [1.29, 1.82) is 0 Å². The molecule has 0 aromatic carbocycles. The minimum atomic E-state index is 0.194. The summed E-state index contributed by atoms with van der Waals surface area (Å²) in [6, 6.07) is 0.710. The van der Waals surface area contributed by atoms with Gasteiger partial charge in [-0.25, -0.2) is 0 Å². The summed E-state index contributed by atoms with van der Waals surface area (Å²) in [6.07, 6.45) is 4.86. The first-order chi connectivity index (χ1) is 8.67. The van der Waals surface area contributed by atoms with Crippen molar-refractivity contribution >= 4 is 11.9 Å². The third-order valence-electron chi connectivity index (χ3n) is 3.18. The summed E-state index contributed by atoms with van der Waals surface area (Å²) in [6.45, 7) is 4.68. The minimum absolute atomic E-state index is 0.194. The van der Waals surface area contributed by atoms with Gasteiger partial charge in [-0.05, 0) is 25.7 Å². The topological polar surface area (TPSA) is 86.0 Å². The van der Waals surface area contributed by atoms with E-state index in [2.05, 4.69) is 27.2 Å². The van der Waals surface area contributed by atoms with Crippen LogP contribution in [0.5, 0.6) is 6.01 Å². The maximum absolute atomic E-state index is 5.64. The van der Waals surface area contributed by atoms with E-state index >= 15 is 0 Å². The van der Waals surface area contributed by atoms with E-state index in [0.717, 1.165) is 18.8 Å². The fourth-order valence-electron chi connectivity index (χ4n) is 2.38. The van der Waals surface area contributed by atoms with E-state index in [9.17, 15) is 0 Å². The maximum Gasteiger partial charge on any atom is 0.323 e. The number of nitrogen functional groups attached to an aromatic ring is 1. The van der Waals surface area contributed by atoms with Crippen LogP contribution in [0.4, 0.5) is 11.9 Å². The van der Waals surface area contributed by atoms with Crippen molar-refractivity contribution in [3.8, 4) is 6.01 Å². The van der Waals surface area contributed by atoms with E-state index < -0.39 is 0 Å². The zero-order chi connectivity index (χ0) is 13.0. The lowest BCUT2D eigenvalue weighted by atomic mass is 9.87. The van der Waals surface area contributed by atoms with Crippen LogP contribution in [0.3, 0.4) is 0 Å². The second-order valence-electron chi connectivity index (χ2n) is 4.85. The number of nitrogens with zero attached hydrogens (tertiary/aromatic N) is 3. The van der Waals surface area contributed by atoms with Gasteiger partial charge in [-0.2, -0.15) is 15.0 Å². The highest BCUT2D eigenvalue weighted by molar-refractivity contribution is 5.33. The SMILES string of the molecule is CCOc1nc(N)nc(NC2CCCC(C)C2)n1. The number of anilines is 2. The number of rotatable bonds is 4. The lowest BCUT2D eigenvalue weighted by Crippen LogP contribution is -2.27. The summed E-state index contributed by atoms with van der Waals surface area (Å²) in [5.74, 6) is 1.46. The smallest absolute Gasteiger partial charge is 0.323 e. The Morgan fingerprint density at radius 2 is 2.17 bits per heavy atom. The van der Waals surface area contributed by atoms with E-state index in [0.29, 0.717) is 18.6 Å². The first-order valence-electron chi connectivity index (χ1n) is 6.58. The fourth-order valence-corrected chi connectivity index (χ4v) is 2.38. The van der Waals surface area contributed by atoms with Crippen LogP contribution >= 0.6 is 0 Å². The molecule has 1 aliphatic rings. The Labute approximate surface area is 107 Å². The molecule has 0 bridgehead atoms. The van der Waals surface area contributed by atoms with E-state index in [1.165, 1.54) is 12.8 Å². The predicted octanol–water partition coefficient (Wildman–Crippen LogP) is 1.84. The van der Waals surface area contributed by atoms with Gasteiger partial charge in [-0.15, -0.1) is 0 Å². The highest BCUT2D eigenvalue weighted by Crippen LogP contribution is 2.25. The van der Waals surface area contributed by atoms with Crippen LogP contribution in [0, 0.1) is 5.92 Å². The predicted molar refractivity (Wildman–Crippen MR) is 70.5 cm³/mol. The molecule has 1 aromatic rings.